The molecule has 0 fully saturated rings. The molecule has 3 atom stereocenters. The summed E-state index contributed by atoms with van der Waals surface area (Å²) in [5.74, 6) is 0.662. The van der Waals surface area contributed by atoms with E-state index < -0.39 is 0 Å². The van der Waals surface area contributed by atoms with Crippen LogP contribution in [0, 0.1) is 11.3 Å². The molecular formula is C14H26O. The van der Waals surface area contributed by atoms with Gasteiger partial charge in [0.25, 0.3) is 0 Å². The molecular weight excluding hydrogens is 184 g/mol. The topological polar surface area (TPSA) is 20.2 Å². The molecule has 1 rings (SSSR count). The van der Waals surface area contributed by atoms with Crippen LogP contribution in [-0.2, 0) is 0 Å². The molecule has 1 aliphatic carbocycles. The highest BCUT2D eigenvalue weighted by Crippen LogP contribution is 2.43. The largest absolute Gasteiger partial charge is 0.393 e. The maximum atomic E-state index is 9.63. The van der Waals surface area contributed by atoms with Gasteiger partial charge in [-0.25, -0.2) is 0 Å². The zero-order chi connectivity index (χ0) is 11.5. The minimum Gasteiger partial charge on any atom is -0.393 e. The molecule has 0 aromatic rings. The van der Waals surface area contributed by atoms with Crippen molar-refractivity contribution in [2.24, 2.45) is 11.3 Å². The van der Waals surface area contributed by atoms with Crippen molar-refractivity contribution in [3.8, 4) is 0 Å². The van der Waals surface area contributed by atoms with E-state index in [2.05, 4.69) is 33.8 Å². The molecule has 0 radical (unpaired) electrons. The molecule has 0 heterocycles. The molecule has 1 heteroatoms. The quantitative estimate of drug-likeness (QED) is 0.697. The third-order valence-electron chi connectivity index (χ3n) is 4.24. The van der Waals surface area contributed by atoms with Crippen LogP contribution in [0.2, 0.25) is 0 Å². The zero-order valence-corrected chi connectivity index (χ0v) is 10.7. The maximum Gasteiger partial charge on any atom is 0.0537 e. The van der Waals surface area contributed by atoms with Gasteiger partial charge in [-0.2, -0.15) is 0 Å². The highest BCUT2D eigenvalue weighted by Gasteiger charge is 2.32. The van der Waals surface area contributed by atoms with Gasteiger partial charge in [0, 0.05) is 0 Å². The van der Waals surface area contributed by atoms with Gasteiger partial charge < -0.3 is 5.11 Å². The lowest BCUT2D eigenvalue weighted by atomic mass is 9.67. The number of allylic oxidation sites excluding steroid dienone is 2. The predicted molar refractivity (Wildman–Crippen MR) is 65.8 cm³/mol. The lowest BCUT2D eigenvalue weighted by Crippen LogP contribution is -2.28. The van der Waals surface area contributed by atoms with Gasteiger partial charge >= 0.3 is 0 Å². The number of rotatable bonds is 4. The summed E-state index contributed by atoms with van der Waals surface area (Å²) < 4.78 is 0. The van der Waals surface area contributed by atoms with E-state index in [0.29, 0.717) is 11.3 Å². The Hall–Kier alpha value is -0.300. The van der Waals surface area contributed by atoms with E-state index in [0.717, 1.165) is 19.3 Å². The SMILES string of the molecule is CC[C@@H](O)CC[C@@]1(C)CCC(C)=C[C@@H]1C. The average Bonchev–Trinajstić information content (AvgIpc) is 2.21. The van der Waals surface area contributed by atoms with Crippen molar-refractivity contribution in [3.05, 3.63) is 11.6 Å². The van der Waals surface area contributed by atoms with Crippen LogP contribution in [0.5, 0.6) is 0 Å². The van der Waals surface area contributed by atoms with Crippen molar-refractivity contribution >= 4 is 0 Å². The van der Waals surface area contributed by atoms with Crippen molar-refractivity contribution < 1.29 is 5.11 Å². The highest BCUT2D eigenvalue weighted by atomic mass is 16.3. The summed E-state index contributed by atoms with van der Waals surface area (Å²) in [5, 5.41) is 9.63. The zero-order valence-electron chi connectivity index (χ0n) is 10.7. The summed E-state index contributed by atoms with van der Waals surface area (Å²) >= 11 is 0. The maximum absolute atomic E-state index is 9.63. The summed E-state index contributed by atoms with van der Waals surface area (Å²) in [7, 11) is 0. The fourth-order valence-corrected chi connectivity index (χ4v) is 2.47. The van der Waals surface area contributed by atoms with E-state index in [1.54, 1.807) is 0 Å². The fourth-order valence-electron chi connectivity index (χ4n) is 2.47. The van der Waals surface area contributed by atoms with Gasteiger partial charge in [-0.1, -0.05) is 32.4 Å². The van der Waals surface area contributed by atoms with Crippen LogP contribution in [0.25, 0.3) is 0 Å². The van der Waals surface area contributed by atoms with Gasteiger partial charge in [0.1, 0.15) is 0 Å². The molecule has 0 saturated heterocycles. The normalized spacial score (nSPS) is 33.7. The predicted octanol–water partition coefficient (Wildman–Crippen LogP) is 3.92. The second-order valence-corrected chi connectivity index (χ2v) is 5.56. The molecule has 0 aromatic heterocycles. The molecule has 1 aliphatic rings. The Morgan fingerprint density at radius 1 is 1.60 bits per heavy atom. The van der Waals surface area contributed by atoms with E-state index in [9.17, 15) is 5.11 Å². The van der Waals surface area contributed by atoms with E-state index in [1.807, 2.05) is 0 Å². The van der Waals surface area contributed by atoms with Gasteiger partial charge in [0.15, 0.2) is 0 Å². The third kappa shape index (κ3) is 3.34. The molecule has 88 valence electrons. The van der Waals surface area contributed by atoms with Crippen LogP contribution >= 0.6 is 0 Å². The molecule has 0 unspecified atom stereocenters. The number of hydrogen-bond acceptors (Lipinski definition) is 1. The molecule has 0 aliphatic heterocycles. The Kier molecular flexibility index (Phi) is 4.39. The molecule has 1 N–H and O–H groups in total. The first-order valence-electron chi connectivity index (χ1n) is 6.33. The van der Waals surface area contributed by atoms with Crippen LogP contribution in [0.1, 0.15) is 59.8 Å². The van der Waals surface area contributed by atoms with E-state index in [1.165, 1.54) is 18.4 Å². The van der Waals surface area contributed by atoms with Gasteiger partial charge in [0.05, 0.1) is 6.10 Å². The van der Waals surface area contributed by atoms with E-state index in [-0.39, 0.29) is 6.10 Å². The van der Waals surface area contributed by atoms with Crippen LogP contribution in [0.4, 0.5) is 0 Å². The van der Waals surface area contributed by atoms with E-state index >= 15 is 0 Å². The van der Waals surface area contributed by atoms with Crippen LogP contribution in [-0.4, -0.2) is 11.2 Å². The van der Waals surface area contributed by atoms with Gasteiger partial charge in [0.2, 0.25) is 0 Å². The molecule has 0 aromatic carbocycles. The molecule has 0 saturated carbocycles. The lowest BCUT2D eigenvalue weighted by molar-refractivity contribution is 0.112. The summed E-state index contributed by atoms with van der Waals surface area (Å²) in [6, 6.07) is 0. The van der Waals surface area contributed by atoms with Gasteiger partial charge in [-0.15, -0.1) is 0 Å². The lowest BCUT2D eigenvalue weighted by Gasteiger charge is -2.38. The molecule has 1 nitrogen and oxygen atoms in total. The Morgan fingerprint density at radius 3 is 2.80 bits per heavy atom. The number of aliphatic hydroxyl groups is 1. The Bertz CT molecular complexity index is 231. The highest BCUT2D eigenvalue weighted by molar-refractivity contribution is 5.09. The van der Waals surface area contributed by atoms with Crippen molar-refractivity contribution in [2.75, 3.05) is 0 Å². The van der Waals surface area contributed by atoms with Crippen molar-refractivity contribution in [3.63, 3.8) is 0 Å². The Labute approximate surface area is 94.6 Å². The number of aliphatic hydroxyl groups excluding tert-OH is 1. The van der Waals surface area contributed by atoms with Gasteiger partial charge in [-0.05, 0) is 50.4 Å². The molecule has 0 spiro atoms. The van der Waals surface area contributed by atoms with Crippen molar-refractivity contribution in [1.82, 2.24) is 0 Å². The summed E-state index contributed by atoms with van der Waals surface area (Å²) in [5.41, 5.74) is 1.95. The minimum absolute atomic E-state index is 0.0963. The first-order valence-corrected chi connectivity index (χ1v) is 6.33. The average molecular weight is 210 g/mol. The third-order valence-corrected chi connectivity index (χ3v) is 4.24. The second-order valence-electron chi connectivity index (χ2n) is 5.56. The molecule has 0 bridgehead atoms. The molecule has 15 heavy (non-hydrogen) atoms. The molecule has 0 amide bonds. The van der Waals surface area contributed by atoms with Crippen LogP contribution in [0.15, 0.2) is 11.6 Å². The number of hydrogen-bond donors (Lipinski definition) is 1. The van der Waals surface area contributed by atoms with Crippen LogP contribution in [0.3, 0.4) is 0 Å². The van der Waals surface area contributed by atoms with Gasteiger partial charge in [-0.3, -0.25) is 0 Å². The standard InChI is InChI=1S/C14H26O/c1-5-13(15)7-9-14(4)8-6-11(2)10-12(14)3/h10,12-13,15H,5-9H2,1-4H3/t12-,13+,14+/m0/s1. The summed E-state index contributed by atoms with van der Waals surface area (Å²) in [6.07, 6.45) is 7.86. The smallest absolute Gasteiger partial charge is 0.0537 e. The monoisotopic (exact) mass is 210 g/mol. The van der Waals surface area contributed by atoms with Crippen molar-refractivity contribution in [2.45, 2.75) is 65.9 Å². The fraction of sp³-hybridized carbons (Fsp3) is 0.857. The Balaban J connectivity index is 2.52. The van der Waals surface area contributed by atoms with Crippen molar-refractivity contribution in [1.29, 1.82) is 0 Å². The first kappa shape index (κ1) is 12.8. The van der Waals surface area contributed by atoms with E-state index in [4.69, 9.17) is 0 Å². The summed E-state index contributed by atoms with van der Waals surface area (Å²) in [4.78, 5) is 0. The first-order chi connectivity index (χ1) is 6.98. The second kappa shape index (κ2) is 5.16. The minimum atomic E-state index is -0.0963. The Morgan fingerprint density at radius 2 is 2.27 bits per heavy atom. The van der Waals surface area contributed by atoms with Crippen LogP contribution < -0.4 is 0 Å². The summed E-state index contributed by atoms with van der Waals surface area (Å²) in [6.45, 7) is 8.99.